The zero-order chi connectivity index (χ0) is 11.4. The van der Waals surface area contributed by atoms with Crippen molar-refractivity contribution in [3.05, 3.63) is 35.9 Å². The Bertz CT molecular complexity index is 349. The molecule has 0 saturated carbocycles. The van der Waals surface area contributed by atoms with Gasteiger partial charge in [0.15, 0.2) is 0 Å². The summed E-state index contributed by atoms with van der Waals surface area (Å²) < 4.78 is 5.32. The molecule has 1 aromatic carbocycles. The van der Waals surface area contributed by atoms with E-state index in [1.807, 2.05) is 18.2 Å². The van der Waals surface area contributed by atoms with Crippen LogP contribution < -0.4 is 0 Å². The van der Waals surface area contributed by atoms with Crippen LogP contribution in [0.3, 0.4) is 0 Å². The predicted molar refractivity (Wildman–Crippen MR) is 65.4 cm³/mol. The van der Waals surface area contributed by atoms with Gasteiger partial charge in [0.25, 0.3) is 0 Å². The van der Waals surface area contributed by atoms with Crippen LogP contribution in [0.2, 0.25) is 0 Å². The number of carbonyl (C=O) groups is 1. The highest BCUT2D eigenvalue weighted by Crippen LogP contribution is 2.18. The van der Waals surface area contributed by atoms with Gasteiger partial charge in [0.1, 0.15) is 0 Å². The maximum absolute atomic E-state index is 11.7. The molecule has 1 saturated heterocycles. The fourth-order valence-corrected chi connectivity index (χ4v) is 2.33. The molecule has 1 aliphatic heterocycles. The number of carbonyl (C=O) groups excluding carboxylic acids is 1. The van der Waals surface area contributed by atoms with Crippen molar-refractivity contribution in [1.29, 1.82) is 0 Å². The Balaban J connectivity index is 1.92. The Morgan fingerprint density at radius 3 is 2.50 bits per heavy atom. The maximum Gasteiger partial charge on any atom is 0.340 e. The number of rotatable bonds is 3. The molecule has 86 valence electrons. The molecule has 0 bridgehead atoms. The van der Waals surface area contributed by atoms with Gasteiger partial charge in [-0.25, -0.2) is 4.79 Å². The summed E-state index contributed by atoms with van der Waals surface area (Å²) in [5, 5.41) is -0.303. The van der Waals surface area contributed by atoms with Crippen LogP contribution in [0.15, 0.2) is 30.3 Å². The summed E-state index contributed by atoms with van der Waals surface area (Å²) in [4.78, 5) is 13.8. The lowest BCUT2D eigenvalue weighted by Crippen LogP contribution is -2.31. The van der Waals surface area contributed by atoms with Crippen molar-refractivity contribution < 1.29 is 9.53 Å². The molecular formula is C12H14BrNO2. The highest BCUT2D eigenvalue weighted by atomic mass is 79.9. The van der Waals surface area contributed by atoms with E-state index >= 15 is 0 Å². The van der Waals surface area contributed by atoms with Gasteiger partial charge in [-0.3, -0.25) is 4.90 Å². The molecule has 1 unspecified atom stereocenters. The summed E-state index contributed by atoms with van der Waals surface area (Å²) >= 11 is 3.39. The SMILES string of the molecule is O=C(OC(Br)N1CCCC1)c1ccccc1. The Morgan fingerprint density at radius 2 is 1.88 bits per heavy atom. The number of nitrogens with zero attached hydrogens (tertiary/aromatic N) is 1. The first kappa shape index (κ1) is 11.6. The van der Waals surface area contributed by atoms with E-state index in [2.05, 4.69) is 20.8 Å². The second kappa shape index (κ2) is 5.46. The van der Waals surface area contributed by atoms with Gasteiger partial charge in [-0.2, -0.15) is 0 Å². The van der Waals surface area contributed by atoms with Crippen LogP contribution >= 0.6 is 15.9 Å². The van der Waals surface area contributed by atoms with E-state index in [1.165, 1.54) is 12.8 Å². The lowest BCUT2D eigenvalue weighted by Gasteiger charge is -2.21. The molecule has 0 amide bonds. The summed E-state index contributed by atoms with van der Waals surface area (Å²) in [7, 11) is 0. The van der Waals surface area contributed by atoms with E-state index < -0.39 is 0 Å². The molecule has 1 heterocycles. The second-order valence-electron chi connectivity index (χ2n) is 3.81. The van der Waals surface area contributed by atoms with E-state index in [9.17, 15) is 4.79 Å². The number of esters is 1. The van der Waals surface area contributed by atoms with Crippen molar-refractivity contribution in [2.75, 3.05) is 13.1 Å². The molecule has 1 aliphatic rings. The second-order valence-corrected chi connectivity index (χ2v) is 4.59. The number of hydrogen-bond donors (Lipinski definition) is 0. The van der Waals surface area contributed by atoms with Gasteiger partial charge in [0, 0.05) is 13.1 Å². The van der Waals surface area contributed by atoms with Crippen molar-refractivity contribution in [3.8, 4) is 0 Å². The molecule has 0 spiro atoms. The number of likely N-dealkylation sites (tertiary alicyclic amines) is 1. The largest absolute Gasteiger partial charge is 0.433 e. The van der Waals surface area contributed by atoms with Crippen LogP contribution in [0.1, 0.15) is 23.2 Å². The minimum absolute atomic E-state index is 0.283. The van der Waals surface area contributed by atoms with E-state index in [0.717, 1.165) is 13.1 Å². The van der Waals surface area contributed by atoms with Gasteiger partial charge in [-0.15, -0.1) is 0 Å². The van der Waals surface area contributed by atoms with Gasteiger partial charge < -0.3 is 4.74 Å². The Labute approximate surface area is 104 Å². The van der Waals surface area contributed by atoms with Gasteiger partial charge >= 0.3 is 5.97 Å². The van der Waals surface area contributed by atoms with Crippen molar-refractivity contribution >= 4 is 21.9 Å². The average molecular weight is 284 g/mol. The van der Waals surface area contributed by atoms with E-state index in [-0.39, 0.29) is 11.1 Å². The third-order valence-corrected chi connectivity index (χ3v) is 3.41. The van der Waals surface area contributed by atoms with Crippen molar-refractivity contribution in [3.63, 3.8) is 0 Å². The third kappa shape index (κ3) is 2.83. The minimum Gasteiger partial charge on any atom is -0.433 e. The molecule has 0 aromatic heterocycles. The van der Waals surface area contributed by atoms with Crippen molar-refractivity contribution in [2.24, 2.45) is 0 Å². The molecule has 1 aromatic rings. The van der Waals surface area contributed by atoms with Gasteiger partial charge in [-0.1, -0.05) is 18.2 Å². The molecule has 16 heavy (non-hydrogen) atoms. The number of ether oxygens (including phenoxy) is 1. The standard InChI is InChI=1S/C12H14BrNO2/c13-12(14-8-4-5-9-14)16-11(15)10-6-2-1-3-7-10/h1-3,6-7,12H,4-5,8-9H2. The third-order valence-electron chi connectivity index (χ3n) is 2.64. The Morgan fingerprint density at radius 1 is 1.25 bits per heavy atom. The molecule has 1 fully saturated rings. The van der Waals surface area contributed by atoms with Crippen LogP contribution in [0.25, 0.3) is 0 Å². The maximum atomic E-state index is 11.7. The topological polar surface area (TPSA) is 29.5 Å². The summed E-state index contributed by atoms with van der Waals surface area (Å²) in [6.45, 7) is 1.97. The number of alkyl halides is 1. The normalized spacial score (nSPS) is 18.3. The van der Waals surface area contributed by atoms with Gasteiger partial charge in [-0.05, 0) is 40.9 Å². The fraction of sp³-hybridized carbons (Fsp3) is 0.417. The highest BCUT2D eigenvalue weighted by molar-refractivity contribution is 9.09. The molecule has 0 aliphatic carbocycles. The van der Waals surface area contributed by atoms with E-state index in [0.29, 0.717) is 5.56 Å². The van der Waals surface area contributed by atoms with Crippen LogP contribution in [0, 0.1) is 0 Å². The first-order valence-corrected chi connectivity index (χ1v) is 6.33. The number of halogens is 1. The molecular weight excluding hydrogens is 270 g/mol. The van der Waals surface area contributed by atoms with Crippen molar-refractivity contribution in [2.45, 2.75) is 18.0 Å². The fourth-order valence-electron chi connectivity index (χ4n) is 1.75. The quantitative estimate of drug-likeness (QED) is 0.485. The number of benzene rings is 1. The zero-order valence-corrected chi connectivity index (χ0v) is 10.5. The average Bonchev–Trinajstić information content (AvgIpc) is 2.83. The van der Waals surface area contributed by atoms with E-state index in [4.69, 9.17) is 4.74 Å². The van der Waals surface area contributed by atoms with Gasteiger partial charge in [0.05, 0.1) is 5.56 Å². The molecule has 4 heteroatoms. The molecule has 3 nitrogen and oxygen atoms in total. The lowest BCUT2D eigenvalue weighted by molar-refractivity contribution is 0.0168. The molecule has 1 atom stereocenters. The number of hydrogen-bond acceptors (Lipinski definition) is 3. The summed E-state index contributed by atoms with van der Waals surface area (Å²) in [5.74, 6) is -0.283. The van der Waals surface area contributed by atoms with Crippen LogP contribution in [0.5, 0.6) is 0 Å². The van der Waals surface area contributed by atoms with Crippen molar-refractivity contribution in [1.82, 2.24) is 4.90 Å². The Hall–Kier alpha value is -0.870. The van der Waals surface area contributed by atoms with Crippen LogP contribution in [-0.2, 0) is 4.74 Å². The summed E-state index contributed by atoms with van der Waals surface area (Å²) in [6.07, 6.45) is 2.34. The summed E-state index contributed by atoms with van der Waals surface area (Å²) in [5.41, 5.74) is 0.589. The predicted octanol–water partition coefficient (Wildman–Crippen LogP) is 2.62. The molecule has 0 radical (unpaired) electrons. The van der Waals surface area contributed by atoms with E-state index in [1.54, 1.807) is 12.1 Å². The monoisotopic (exact) mass is 283 g/mol. The highest BCUT2D eigenvalue weighted by Gasteiger charge is 2.22. The smallest absolute Gasteiger partial charge is 0.340 e. The summed E-state index contributed by atoms with van der Waals surface area (Å²) in [6, 6.07) is 9.05. The minimum atomic E-state index is -0.303. The van der Waals surface area contributed by atoms with Gasteiger partial charge in [0.2, 0.25) is 5.14 Å². The Kier molecular flexibility index (Phi) is 3.96. The molecule has 0 N–H and O–H groups in total. The van der Waals surface area contributed by atoms with Crippen LogP contribution in [-0.4, -0.2) is 29.1 Å². The first-order valence-electron chi connectivity index (χ1n) is 5.41. The lowest BCUT2D eigenvalue weighted by atomic mass is 10.2. The first-order chi connectivity index (χ1) is 7.77. The molecule has 2 rings (SSSR count). The zero-order valence-electron chi connectivity index (χ0n) is 8.93. The van der Waals surface area contributed by atoms with Crippen LogP contribution in [0.4, 0.5) is 0 Å².